The number of nitrogens with zero attached hydrogens (tertiary/aromatic N) is 4. The molecular weight excluding hydrogens is 264 g/mol. The van der Waals surface area contributed by atoms with E-state index in [1.807, 2.05) is 6.92 Å². The van der Waals surface area contributed by atoms with Crippen LogP contribution < -0.4 is 9.64 Å². The summed E-state index contributed by atoms with van der Waals surface area (Å²) in [6.45, 7) is 3.69. The summed E-state index contributed by atoms with van der Waals surface area (Å²) in [5.74, 6) is 1.48. The van der Waals surface area contributed by atoms with E-state index >= 15 is 0 Å². The lowest BCUT2D eigenvalue weighted by atomic mass is 10.3. The van der Waals surface area contributed by atoms with Crippen LogP contribution >= 0.6 is 11.6 Å². The maximum Gasteiger partial charge on any atom is 0.322 e. The SMILES string of the molecule is CCCOc1nc(Cl)nc(N(CC2CC2)C2CC2)n1. The molecule has 19 heavy (non-hydrogen) atoms. The Morgan fingerprint density at radius 2 is 2.00 bits per heavy atom. The molecule has 2 aliphatic rings. The van der Waals surface area contributed by atoms with E-state index in [9.17, 15) is 0 Å². The topological polar surface area (TPSA) is 51.1 Å². The van der Waals surface area contributed by atoms with Crippen molar-refractivity contribution in [1.29, 1.82) is 0 Å². The van der Waals surface area contributed by atoms with Crippen LogP contribution in [0.4, 0.5) is 5.95 Å². The fourth-order valence-electron chi connectivity index (χ4n) is 2.07. The first-order chi connectivity index (χ1) is 9.26. The Morgan fingerprint density at radius 3 is 2.63 bits per heavy atom. The van der Waals surface area contributed by atoms with E-state index in [0.29, 0.717) is 24.6 Å². The second kappa shape index (κ2) is 5.49. The van der Waals surface area contributed by atoms with Gasteiger partial charge in [-0.3, -0.25) is 0 Å². The van der Waals surface area contributed by atoms with Gasteiger partial charge in [0.1, 0.15) is 0 Å². The predicted molar refractivity (Wildman–Crippen MR) is 73.7 cm³/mol. The molecule has 2 aliphatic carbocycles. The number of aromatic nitrogens is 3. The zero-order valence-electron chi connectivity index (χ0n) is 11.2. The van der Waals surface area contributed by atoms with Crippen LogP contribution in [0.5, 0.6) is 6.01 Å². The Hall–Kier alpha value is -1.10. The predicted octanol–water partition coefficient (Wildman–Crippen LogP) is 2.69. The van der Waals surface area contributed by atoms with Gasteiger partial charge in [-0.15, -0.1) is 0 Å². The Balaban J connectivity index is 1.77. The molecule has 0 unspecified atom stereocenters. The lowest BCUT2D eigenvalue weighted by Gasteiger charge is -2.22. The van der Waals surface area contributed by atoms with E-state index in [2.05, 4.69) is 19.9 Å². The molecule has 2 saturated carbocycles. The number of anilines is 1. The van der Waals surface area contributed by atoms with Crippen LogP contribution in [0.15, 0.2) is 0 Å². The van der Waals surface area contributed by atoms with Crippen molar-refractivity contribution in [2.75, 3.05) is 18.1 Å². The van der Waals surface area contributed by atoms with Crippen LogP contribution in [-0.2, 0) is 0 Å². The highest BCUT2D eigenvalue weighted by atomic mass is 35.5. The molecule has 1 aromatic heterocycles. The van der Waals surface area contributed by atoms with Gasteiger partial charge in [-0.25, -0.2) is 0 Å². The Kier molecular flexibility index (Phi) is 3.73. The van der Waals surface area contributed by atoms with Crippen LogP contribution in [0, 0.1) is 5.92 Å². The van der Waals surface area contributed by atoms with Crippen molar-refractivity contribution in [2.45, 2.75) is 45.1 Å². The quantitative estimate of drug-likeness (QED) is 0.770. The summed E-state index contributed by atoms with van der Waals surface area (Å²) < 4.78 is 5.47. The summed E-state index contributed by atoms with van der Waals surface area (Å²) in [5.41, 5.74) is 0. The van der Waals surface area contributed by atoms with Crippen molar-refractivity contribution in [1.82, 2.24) is 15.0 Å². The summed E-state index contributed by atoms with van der Waals surface area (Å²) in [4.78, 5) is 15.0. The molecule has 1 heterocycles. The van der Waals surface area contributed by atoms with Crippen molar-refractivity contribution < 1.29 is 4.74 Å². The number of hydrogen-bond donors (Lipinski definition) is 0. The van der Waals surface area contributed by atoms with Crippen LogP contribution in [-0.4, -0.2) is 34.1 Å². The van der Waals surface area contributed by atoms with Crippen molar-refractivity contribution in [3.63, 3.8) is 0 Å². The van der Waals surface area contributed by atoms with Gasteiger partial charge >= 0.3 is 6.01 Å². The lowest BCUT2D eigenvalue weighted by molar-refractivity contribution is 0.291. The minimum absolute atomic E-state index is 0.220. The zero-order chi connectivity index (χ0) is 13.2. The summed E-state index contributed by atoms with van der Waals surface area (Å²) in [6, 6.07) is 0.927. The first-order valence-corrected chi connectivity index (χ1v) is 7.45. The van der Waals surface area contributed by atoms with E-state index in [1.165, 1.54) is 25.7 Å². The minimum atomic E-state index is 0.220. The molecule has 0 radical (unpaired) electrons. The van der Waals surface area contributed by atoms with Crippen LogP contribution in [0.3, 0.4) is 0 Å². The van der Waals surface area contributed by atoms with Crippen molar-refractivity contribution in [3.05, 3.63) is 5.28 Å². The average molecular weight is 283 g/mol. The number of halogens is 1. The third-order valence-corrected chi connectivity index (χ3v) is 3.58. The van der Waals surface area contributed by atoms with Crippen molar-refractivity contribution in [3.8, 4) is 6.01 Å². The molecule has 0 amide bonds. The summed E-state index contributed by atoms with van der Waals surface area (Å²) in [5, 5.41) is 0.220. The number of hydrogen-bond acceptors (Lipinski definition) is 5. The summed E-state index contributed by atoms with van der Waals surface area (Å²) >= 11 is 5.98. The lowest BCUT2D eigenvalue weighted by Crippen LogP contribution is -2.30. The first kappa shape index (κ1) is 12.9. The van der Waals surface area contributed by atoms with E-state index in [-0.39, 0.29) is 5.28 Å². The molecule has 2 fully saturated rings. The van der Waals surface area contributed by atoms with Crippen molar-refractivity contribution >= 4 is 17.5 Å². The maximum atomic E-state index is 5.98. The molecule has 0 bridgehead atoms. The number of rotatable bonds is 7. The molecule has 0 aromatic carbocycles. The van der Waals surface area contributed by atoms with Gasteiger partial charge in [0.15, 0.2) is 0 Å². The smallest absolute Gasteiger partial charge is 0.322 e. The highest BCUT2D eigenvalue weighted by Crippen LogP contribution is 2.36. The summed E-state index contributed by atoms with van der Waals surface area (Å²) in [7, 11) is 0. The molecule has 0 N–H and O–H groups in total. The highest BCUT2D eigenvalue weighted by molar-refractivity contribution is 6.28. The van der Waals surface area contributed by atoms with Gasteiger partial charge in [-0.2, -0.15) is 15.0 Å². The first-order valence-electron chi connectivity index (χ1n) is 7.07. The molecule has 0 aliphatic heterocycles. The molecular formula is C13H19ClN4O. The van der Waals surface area contributed by atoms with Gasteiger partial charge in [0, 0.05) is 12.6 Å². The largest absolute Gasteiger partial charge is 0.463 e. The van der Waals surface area contributed by atoms with Gasteiger partial charge in [-0.1, -0.05) is 6.92 Å². The minimum Gasteiger partial charge on any atom is -0.463 e. The van der Waals surface area contributed by atoms with Gasteiger partial charge in [0.2, 0.25) is 11.2 Å². The molecule has 0 spiro atoms. The molecule has 0 atom stereocenters. The Labute approximate surface area is 118 Å². The Morgan fingerprint density at radius 1 is 1.21 bits per heavy atom. The summed E-state index contributed by atoms with van der Waals surface area (Å²) in [6.07, 6.45) is 6.01. The van der Waals surface area contributed by atoms with E-state index in [0.717, 1.165) is 18.9 Å². The maximum absolute atomic E-state index is 5.98. The normalized spacial score (nSPS) is 18.4. The molecule has 0 saturated heterocycles. The third kappa shape index (κ3) is 3.47. The molecule has 6 heteroatoms. The van der Waals surface area contributed by atoms with Gasteiger partial charge < -0.3 is 9.64 Å². The average Bonchev–Trinajstić information content (AvgIpc) is 3.26. The third-order valence-electron chi connectivity index (χ3n) is 3.41. The van der Waals surface area contributed by atoms with Crippen LogP contribution in [0.2, 0.25) is 5.28 Å². The Bertz CT molecular complexity index is 448. The van der Waals surface area contributed by atoms with Crippen LogP contribution in [0.25, 0.3) is 0 Å². The van der Waals surface area contributed by atoms with Gasteiger partial charge in [0.25, 0.3) is 0 Å². The van der Waals surface area contributed by atoms with Gasteiger partial charge in [0.05, 0.1) is 6.61 Å². The van der Waals surface area contributed by atoms with Crippen molar-refractivity contribution in [2.24, 2.45) is 5.92 Å². The van der Waals surface area contributed by atoms with E-state index < -0.39 is 0 Å². The van der Waals surface area contributed by atoms with Crippen LogP contribution in [0.1, 0.15) is 39.0 Å². The molecule has 104 valence electrons. The fraction of sp³-hybridized carbons (Fsp3) is 0.769. The van der Waals surface area contributed by atoms with E-state index in [1.54, 1.807) is 0 Å². The second-order valence-electron chi connectivity index (χ2n) is 5.36. The highest BCUT2D eigenvalue weighted by Gasteiger charge is 2.35. The van der Waals surface area contributed by atoms with Gasteiger partial charge in [-0.05, 0) is 49.6 Å². The standard InChI is InChI=1S/C13H19ClN4O/c1-2-7-19-13-16-11(14)15-12(17-13)18(10-5-6-10)8-9-3-4-9/h9-10H,2-8H2,1H3. The zero-order valence-corrected chi connectivity index (χ0v) is 11.9. The molecule has 5 nitrogen and oxygen atoms in total. The monoisotopic (exact) mass is 282 g/mol. The molecule has 3 rings (SSSR count). The van der Waals surface area contributed by atoms with E-state index in [4.69, 9.17) is 16.3 Å². The fourth-order valence-corrected chi connectivity index (χ4v) is 2.22. The number of ether oxygens (including phenoxy) is 1. The molecule has 1 aromatic rings. The second-order valence-corrected chi connectivity index (χ2v) is 5.70.